The van der Waals surface area contributed by atoms with Crippen LogP contribution in [0, 0.1) is 5.92 Å². The average molecular weight is 593 g/mol. The summed E-state index contributed by atoms with van der Waals surface area (Å²) in [7, 11) is 0. The molecule has 4 heterocycles. The Balaban J connectivity index is 0.00000353. The smallest absolute Gasteiger partial charge is 0.266 e. The Kier molecular flexibility index (Phi) is 9.08. The maximum absolute atomic E-state index is 13.7. The van der Waals surface area contributed by atoms with E-state index in [0.717, 1.165) is 62.3 Å². The first-order chi connectivity index (χ1) is 19.9. The third-order valence-electron chi connectivity index (χ3n) is 8.61. The zero-order valence-corrected chi connectivity index (χ0v) is 25.3. The van der Waals surface area contributed by atoms with Gasteiger partial charge in [0.1, 0.15) is 5.75 Å². The standard InChI is InChI=1S/C32H40N6O3.ClH/c1-32(2,31(40)36-15-11-33-12-16-36)41-29-7-3-6-28(18-29)37-13-4-5-26(22-37)30(39)38-14-10-24-17-23(8-9-25(24)21-38)27-19-34-35-20-27;/h3,6-9,17-20,26,33H,4-5,10-16,21-22H2,1-2H3,(H,34,35);1H. The van der Waals surface area contributed by atoms with Crippen LogP contribution in [-0.4, -0.2) is 83.2 Å². The van der Waals surface area contributed by atoms with Gasteiger partial charge < -0.3 is 24.8 Å². The van der Waals surface area contributed by atoms with Gasteiger partial charge in [-0.05, 0) is 61.9 Å². The van der Waals surface area contributed by atoms with E-state index in [2.05, 4.69) is 44.7 Å². The van der Waals surface area contributed by atoms with Crippen LogP contribution < -0.4 is 15.0 Å². The number of anilines is 1. The maximum atomic E-state index is 13.7. The van der Waals surface area contributed by atoms with E-state index in [1.165, 1.54) is 11.1 Å². The molecule has 0 saturated carbocycles. The zero-order chi connectivity index (χ0) is 28.4. The molecule has 2 saturated heterocycles. The van der Waals surface area contributed by atoms with Crippen molar-refractivity contribution >= 4 is 29.9 Å². The number of benzene rings is 2. The number of piperidine rings is 1. The van der Waals surface area contributed by atoms with Crippen LogP contribution in [0.3, 0.4) is 0 Å². The number of ether oxygens (including phenoxy) is 1. The van der Waals surface area contributed by atoms with Crippen molar-refractivity contribution < 1.29 is 14.3 Å². The van der Waals surface area contributed by atoms with Gasteiger partial charge in [-0.1, -0.05) is 24.3 Å². The zero-order valence-electron chi connectivity index (χ0n) is 24.5. The largest absolute Gasteiger partial charge is 0.478 e. The summed E-state index contributed by atoms with van der Waals surface area (Å²) in [6, 6.07) is 14.5. The lowest BCUT2D eigenvalue weighted by atomic mass is 9.92. The lowest BCUT2D eigenvalue weighted by Crippen LogP contribution is -2.54. The highest BCUT2D eigenvalue weighted by Gasteiger charge is 2.35. The summed E-state index contributed by atoms with van der Waals surface area (Å²) in [5.41, 5.74) is 4.85. The molecule has 2 amide bonds. The van der Waals surface area contributed by atoms with Crippen LogP contribution in [0.5, 0.6) is 5.75 Å². The van der Waals surface area contributed by atoms with Crippen LogP contribution in [0.15, 0.2) is 54.9 Å². The Bertz CT molecular complexity index is 1390. The topological polar surface area (TPSA) is 93.8 Å². The van der Waals surface area contributed by atoms with Gasteiger partial charge in [0.2, 0.25) is 5.91 Å². The predicted octanol–water partition coefficient (Wildman–Crippen LogP) is 3.89. The lowest BCUT2D eigenvalue weighted by molar-refractivity contribution is -0.146. The van der Waals surface area contributed by atoms with Crippen LogP contribution in [0.1, 0.15) is 37.8 Å². The highest BCUT2D eigenvalue weighted by molar-refractivity contribution is 5.85. The molecule has 6 rings (SSSR count). The van der Waals surface area contributed by atoms with Crippen molar-refractivity contribution in [1.82, 2.24) is 25.3 Å². The fraction of sp³-hybridized carbons (Fsp3) is 0.469. The Morgan fingerprint density at radius 1 is 0.976 bits per heavy atom. The van der Waals surface area contributed by atoms with Gasteiger partial charge in [0.25, 0.3) is 5.91 Å². The van der Waals surface area contributed by atoms with Crippen molar-refractivity contribution in [2.75, 3.05) is 50.7 Å². The number of carbonyl (C=O) groups excluding carboxylic acids is 2. The summed E-state index contributed by atoms with van der Waals surface area (Å²) in [6.45, 7) is 9.69. The fourth-order valence-electron chi connectivity index (χ4n) is 6.33. The second-order valence-corrected chi connectivity index (χ2v) is 11.9. The van der Waals surface area contributed by atoms with Gasteiger partial charge in [-0.15, -0.1) is 12.4 Å². The normalized spacial score (nSPS) is 19.1. The third-order valence-corrected chi connectivity index (χ3v) is 8.61. The molecule has 1 unspecified atom stereocenters. The molecule has 0 aliphatic carbocycles. The summed E-state index contributed by atoms with van der Waals surface area (Å²) in [5, 5.41) is 10.2. The number of H-pyrrole nitrogens is 1. The number of amides is 2. The van der Waals surface area contributed by atoms with Crippen LogP contribution in [0.4, 0.5) is 5.69 Å². The molecule has 10 heteroatoms. The molecule has 3 aliphatic heterocycles. The van der Waals surface area contributed by atoms with Crippen molar-refractivity contribution in [3.05, 3.63) is 66.0 Å². The molecule has 2 aromatic carbocycles. The van der Waals surface area contributed by atoms with Gasteiger partial charge in [0.15, 0.2) is 5.60 Å². The molecule has 3 aromatic rings. The molecule has 0 spiro atoms. The van der Waals surface area contributed by atoms with Crippen LogP contribution in [-0.2, 0) is 22.6 Å². The van der Waals surface area contributed by atoms with Crippen LogP contribution >= 0.6 is 12.4 Å². The number of rotatable bonds is 6. The SMILES string of the molecule is CC(C)(Oc1cccc(N2CCCC(C(=O)N3CCc4cc(-c5cn[nH]c5)ccc4C3)C2)c1)C(=O)N1CCNCC1.Cl. The molecule has 1 aromatic heterocycles. The van der Waals surface area contributed by atoms with E-state index in [4.69, 9.17) is 4.74 Å². The molecular weight excluding hydrogens is 552 g/mol. The predicted molar refractivity (Wildman–Crippen MR) is 166 cm³/mol. The number of aromatic nitrogens is 2. The number of nitrogens with zero attached hydrogens (tertiary/aromatic N) is 4. The Morgan fingerprint density at radius 3 is 2.60 bits per heavy atom. The van der Waals surface area contributed by atoms with Crippen LogP contribution in [0.25, 0.3) is 11.1 Å². The Labute approximate surface area is 254 Å². The van der Waals surface area contributed by atoms with Crippen LogP contribution in [0.2, 0.25) is 0 Å². The van der Waals surface area contributed by atoms with Crippen molar-refractivity contribution in [2.45, 2.75) is 45.3 Å². The first-order valence-corrected chi connectivity index (χ1v) is 14.8. The summed E-state index contributed by atoms with van der Waals surface area (Å²) >= 11 is 0. The second kappa shape index (κ2) is 12.8. The summed E-state index contributed by atoms with van der Waals surface area (Å²) < 4.78 is 6.26. The van der Waals surface area contributed by atoms with E-state index in [1.807, 2.05) is 54.2 Å². The maximum Gasteiger partial charge on any atom is 0.266 e. The number of nitrogens with one attached hydrogen (secondary N) is 2. The number of halogens is 1. The number of piperazine rings is 1. The minimum Gasteiger partial charge on any atom is -0.478 e. The van der Waals surface area contributed by atoms with E-state index < -0.39 is 5.60 Å². The molecule has 0 bridgehead atoms. The quantitative estimate of drug-likeness (QED) is 0.451. The van der Waals surface area contributed by atoms with Gasteiger partial charge >= 0.3 is 0 Å². The third kappa shape index (κ3) is 6.42. The summed E-state index contributed by atoms with van der Waals surface area (Å²) in [5.74, 6) is 0.890. The molecule has 1 atom stereocenters. The molecule has 42 heavy (non-hydrogen) atoms. The number of aromatic amines is 1. The van der Waals surface area contributed by atoms with Gasteiger partial charge in [-0.2, -0.15) is 5.10 Å². The lowest BCUT2D eigenvalue weighted by Gasteiger charge is -2.38. The summed E-state index contributed by atoms with van der Waals surface area (Å²) in [6.07, 6.45) is 6.48. The molecule has 0 radical (unpaired) electrons. The number of hydrogen-bond donors (Lipinski definition) is 2. The van der Waals surface area contributed by atoms with E-state index in [1.54, 1.807) is 0 Å². The van der Waals surface area contributed by atoms with Gasteiger partial charge in [0.05, 0.1) is 12.1 Å². The van der Waals surface area contributed by atoms with Gasteiger partial charge in [-0.25, -0.2) is 0 Å². The highest BCUT2D eigenvalue weighted by Crippen LogP contribution is 2.31. The minimum absolute atomic E-state index is 0. The van der Waals surface area contributed by atoms with Crippen molar-refractivity contribution in [2.24, 2.45) is 5.92 Å². The molecule has 9 nitrogen and oxygen atoms in total. The Morgan fingerprint density at radius 2 is 1.81 bits per heavy atom. The van der Waals surface area contributed by atoms with E-state index in [9.17, 15) is 9.59 Å². The molecular formula is C32H41ClN6O3. The number of hydrogen-bond acceptors (Lipinski definition) is 6. The van der Waals surface area contributed by atoms with Gasteiger partial charge in [-0.3, -0.25) is 14.7 Å². The van der Waals surface area contributed by atoms with Crippen molar-refractivity contribution in [1.29, 1.82) is 0 Å². The number of fused-ring (bicyclic) bond motifs is 1. The minimum atomic E-state index is -0.958. The van der Waals surface area contributed by atoms with E-state index in [0.29, 0.717) is 31.9 Å². The van der Waals surface area contributed by atoms with E-state index in [-0.39, 0.29) is 30.1 Å². The molecule has 3 aliphatic rings. The monoisotopic (exact) mass is 592 g/mol. The van der Waals surface area contributed by atoms with E-state index >= 15 is 0 Å². The van der Waals surface area contributed by atoms with Crippen molar-refractivity contribution in [3.63, 3.8) is 0 Å². The number of carbonyl (C=O) groups is 2. The highest BCUT2D eigenvalue weighted by atomic mass is 35.5. The average Bonchev–Trinajstić information content (AvgIpc) is 3.55. The first-order valence-electron chi connectivity index (χ1n) is 14.8. The van der Waals surface area contributed by atoms with Gasteiger partial charge in [0, 0.05) is 75.9 Å². The molecule has 224 valence electrons. The molecule has 2 N–H and O–H groups in total. The van der Waals surface area contributed by atoms with Crippen molar-refractivity contribution in [3.8, 4) is 16.9 Å². The summed E-state index contributed by atoms with van der Waals surface area (Å²) in [4.78, 5) is 33.0. The first kappa shape index (κ1) is 29.9. The second-order valence-electron chi connectivity index (χ2n) is 11.9. The fourth-order valence-corrected chi connectivity index (χ4v) is 6.33. The molecule has 2 fully saturated rings. The Hall–Kier alpha value is -3.56.